The third kappa shape index (κ3) is 3.39. The lowest BCUT2D eigenvalue weighted by Gasteiger charge is -1.98. The van der Waals surface area contributed by atoms with E-state index in [1.165, 1.54) is 0 Å². The van der Waals surface area contributed by atoms with E-state index in [0.29, 0.717) is 0 Å². The van der Waals surface area contributed by atoms with Crippen molar-refractivity contribution in [2.45, 2.75) is 12.7 Å². The summed E-state index contributed by atoms with van der Waals surface area (Å²) in [6, 6.07) is 5.97. The number of nitrogens with one attached hydrogen (secondary N) is 1. The SMILES string of the molecule is CCNSCc1ccccn1. The van der Waals surface area contributed by atoms with E-state index in [4.69, 9.17) is 0 Å². The quantitative estimate of drug-likeness (QED) is 0.548. The lowest BCUT2D eigenvalue weighted by Crippen LogP contribution is -2.01. The van der Waals surface area contributed by atoms with Gasteiger partial charge >= 0.3 is 0 Å². The molecule has 3 heteroatoms. The van der Waals surface area contributed by atoms with Gasteiger partial charge < -0.3 is 0 Å². The second-order valence-electron chi connectivity index (χ2n) is 2.11. The summed E-state index contributed by atoms with van der Waals surface area (Å²) in [5, 5.41) is 0. The Morgan fingerprint density at radius 2 is 2.45 bits per heavy atom. The van der Waals surface area contributed by atoms with Gasteiger partial charge in [-0.3, -0.25) is 9.71 Å². The highest BCUT2D eigenvalue weighted by Crippen LogP contribution is 2.04. The molecule has 1 aromatic rings. The van der Waals surface area contributed by atoms with Gasteiger partial charge in [0.25, 0.3) is 0 Å². The maximum atomic E-state index is 4.19. The van der Waals surface area contributed by atoms with Crippen LogP contribution in [0.4, 0.5) is 0 Å². The van der Waals surface area contributed by atoms with E-state index in [0.717, 1.165) is 18.0 Å². The predicted octanol–water partition coefficient (Wildman–Crippen LogP) is 1.84. The van der Waals surface area contributed by atoms with Crippen molar-refractivity contribution in [3.05, 3.63) is 30.1 Å². The molecule has 0 unspecified atom stereocenters. The number of nitrogens with zero attached hydrogens (tertiary/aromatic N) is 1. The first kappa shape index (κ1) is 8.56. The summed E-state index contributed by atoms with van der Waals surface area (Å²) in [5.41, 5.74) is 1.12. The molecule has 0 amide bonds. The minimum absolute atomic E-state index is 0.939. The largest absolute Gasteiger partial charge is 0.264 e. The third-order valence-corrected chi connectivity index (χ3v) is 2.13. The Morgan fingerprint density at radius 1 is 1.55 bits per heavy atom. The van der Waals surface area contributed by atoms with Gasteiger partial charge in [-0.2, -0.15) is 0 Å². The molecule has 0 saturated carbocycles. The smallest absolute Gasteiger partial charge is 0.0515 e. The number of aromatic nitrogens is 1. The summed E-state index contributed by atoms with van der Waals surface area (Å²) in [6.07, 6.45) is 1.82. The molecular weight excluding hydrogens is 156 g/mol. The molecule has 1 aromatic heterocycles. The van der Waals surface area contributed by atoms with Gasteiger partial charge in [0, 0.05) is 12.7 Å². The van der Waals surface area contributed by atoms with Gasteiger partial charge in [-0.25, -0.2) is 0 Å². The van der Waals surface area contributed by atoms with Crippen LogP contribution in [0.15, 0.2) is 24.4 Å². The lowest BCUT2D eigenvalue weighted by molar-refractivity contribution is 1.03. The number of rotatable bonds is 4. The van der Waals surface area contributed by atoms with Crippen molar-refractivity contribution < 1.29 is 0 Å². The molecule has 0 aliphatic heterocycles. The molecule has 0 saturated heterocycles. The van der Waals surface area contributed by atoms with Crippen LogP contribution in [0.3, 0.4) is 0 Å². The van der Waals surface area contributed by atoms with Crippen molar-refractivity contribution in [1.29, 1.82) is 0 Å². The summed E-state index contributed by atoms with van der Waals surface area (Å²) < 4.78 is 3.17. The maximum absolute atomic E-state index is 4.19. The first-order chi connectivity index (χ1) is 5.43. The molecule has 1 N–H and O–H groups in total. The van der Waals surface area contributed by atoms with E-state index in [9.17, 15) is 0 Å². The second-order valence-corrected chi connectivity index (χ2v) is 2.97. The van der Waals surface area contributed by atoms with Crippen molar-refractivity contribution >= 4 is 11.9 Å². The van der Waals surface area contributed by atoms with Crippen LogP contribution in [0, 0.1) is 0 Å². The normalized spacial score (nSPS) is 9.91. The molecule has 0 radical (unpaired) electrons. The first-order valence-electron chi connectivity index (χ1n) is 3.68. The van der Waals surface area contributed by atoms with Crippen molar-refractivity contribution in [3.63, 3.8) is 0 Å². The molecule has 0 fully saturated rings. The molecule has 0 aliphatic carbocycles. The number of pyridine rings is 1. The van der Waals surface area contributed by atoms with Crippen molar-refractivity contribution in [3.8, 4) is 0 Å². The van der Waals surface area contributed by atoms with Crippen LogP contribution >= 0.6 is 11.9 Å². The Balaban J connectivity index is 2.28. The van der Waals surface area contributed by atoms with E-state index in [2.05, 4.69) is 16.6 Å². The molecular formula is C8H12N2S. The van der Waals surface area contributed by atoms with Crippen LogP contribution in [0.2, 0.25) is 0 Å². The van der Waals surface area contributed by atoms with Gasteiger partial charge in [-0.15, -0.1) is 0 Å². The number of hydrogen-bond donors (Lipinski definition) is 1. The van der Waals surface area contributed by atoms with E-state index in [1.54, 1.807) is 11.9 Å². The van der Waals surface area contributed by atoms with Crippen molar-refractivity contribution in [2.75, 3.05) is 6.54 Å². The summed E-state index contributed by atoms with van der Waals surface area (Å²) in [4.78, 5) is 4.19. The zero-order chi connectivity index (χ0) is 7.94. The average molecular weight is 168 g/mol. The van der Waals surface area contributed by atoms with Crippen LogP contribution < -0.4 is 4.72 Å². The minimum Gasteiger partial charge on any atom is -0.264 e. The van der Waals surface area contributed by atoms with Crippen molar-refractivity contribution in [2.24, 2.45) is 0 Å². The van der Waals surface area contributed by atoms with Crippen LogP contribution in [0.5, 0.6) is 0 Å². The average Bonchev–Trinajstić information content (AvgIpc) is 2.07. The zero-order valence-electron chi connectivity index (χ0n) is 6.58. The molecule has 0 spiro atoms. The van der Waals surface area contributed by atoms with Gasteiger partial charge in [-0.05, 0) is 12.1 Å². The first-order valence-corrected chi connectivity index (χ1v) is 4.66. The molecule has 2 nitrogen and oxygen atoms in total. The fourth-order valence-corrected chi connectivity index (χ4v) is 1.34. The highest BCUT2D eigenvalue weighted by molar-refractivity contribution is 7.96. The fourth-order valence-electron chi connectivity index (χ4n) is 0.711. The maximum Gasteiger partial charge on any atom is 0.0515 e. The summed E-state index contributed by atoms with van der Waals surface area (Å²) in [7, 11) is 0. The highest BCUT2D eigenvalue weighted by Gasteiger charge is 1.90. The Morgan fingerprint density at radius 3 is 3.09 bits per heavy atom. The molecule has 0 bridgehead atoms. The summed E-state index contributed by atoms with van der Waals surface area (Å²) >= 11 is 1.69. The predicted molar refractivity (Wildman–Crippen MR) is 49.2 cm³/mol. The van der Waals surface area contributed by atoms with Gasteiger partial charge in [0.05, 0.1) is 11.4 Å². The van der Waals surface area contributed by atoms with Crippen LogP contribution in [-0.2, 0) is 5.75 Å². The van der Waals surface area contributed by atoms with E-state index >= 15 is 0 Å². The van der Waals surface area contributed by atoms with Gasteiger partial charge in [0.1, 0.15) is 0 Å². The minimum atomic E-state index is 0.939. The Hall–Kier alpha value is -0.540. The van der Waals surface area contributed by atoms with Crippen LogP contribution in [0.1, 0.15) is 12.6 Å². The van der Waals surface area contributed by atoms with Crippen LogP contribution in [0.25, 0.3) is 0 Å². The molecule has 11 heavy (non-hydrogen) atoms. The zero-order valence-corrected chi connectivity index (χ0v) is 7.40. The molecule has 0 aromatic carbocycles. The fraction of sp³-hybridized carbons (Fsp3) is 0.375. The van der Waals surface area contributed by atoms with Gasteiger partial charge in [0.15, 0.2) is 0 Å². The molecule has 0 aliphatic rings. The third-order valence-electron chi connectivity index (χ3n) is 1.19. The standard InChI is InChI=1S/C8H12N2S/c1-2-10-11-7-8-5-3-4-6-9-8/h3-6,10H,2,7H2,1H3. The lowest BCUT2D eigenvalue weighted by atomic mass is 10.4. The van der Waals surface area contributed by atoms with E-state index in [-0.39, 0.29) is 0 Å². The Labute approximate surface area is 71.6 Å². The Kier molecular flexibility index (Phi) is 4.01. The topological polar surface area (TPSA) is 24.9 Å². The molecule has 1 heterocycles. The van der Waals surface area contributed by atoms with E-state index in [1.807, 2.05) is 24.4 Å². The summed E-state index contributed by atoms with van der Waals surface area (Å²) in [5.74, 6) is 0.939. The Bertz CT molecular complexity index is 189. The van der Waals surface area contributed by atoms with Gasteiger partial charge in [0.2, 0.25) is 0 Å². The van der Waals surface area contributed by atoms with Crippen LogP contribution in [-0.4, -0.2) is 11.5 Å². The monoisotopic (exact) mass is 168 g/mol. The summed E-state index contributed by atoms with van der Waals surface area (Å²) in [6.45, 7) is 3.09. The molecule has 1 rings (SSSR count). The highest BCUT2D eigenvalue weighted by atomic mass is 32.2. The second kappa shape index (κ2) is 5.16. The van der Waals surface area contributed by atoms with E-state index < -0.39 is 0 Å². The number of hydrogen-bond acceptors (Lipinski definition) is 3. The van der Waals surface area contributed by atoms with Crippen molar-refractivity contribution in [1.82, 2.24) is 9.71 Å². The molecule has 60 valence electrons. The van der Waals surface area contributed by atoms with Gasteiger partial charge in [-0.1, -0.05) is 24.9 Å². The molecule has 0 atom stereocenters.